The van der Waals surface area contributed by atoms with E-state index in [0.717, 1.165) is 18.5 Å². The zero-order valence-corrected chi connectivity index (χ0v) is 13.4. The van der Waals surface area contributed by atoms with Crippen molar-refractivity contribution in [1.82, 2.24) is 19.8 Å². The molecule has 0 spiro atoms. The fraction of sp³-hybridized carbons (Fsp3) is 0.389. The standard InChI is InChI=1S/C18H20N4O2/c23-17-15-12-22(18(24)16-2-1-6-20-16)11-14(15)5-9-21(17)10-13-3-7-19-8-4-13/h1-4,6-8,14-15,20H,5,9-12H2/t14-,15-/m1/s1. The molecule has 2 fully saturated rings. The van der Waals surface area contributed by atoms with Gasteiger partial charge in [-0.25, -0.2) is 0 Å². The van der Waals surface area contributed by atoms with Gasteiger partial charge in [-0.05, 0) is 42.2 Å². The van der Waals surface area contributed by atoms with Crippen LogP contribution in [0, 0.1) is 11.8 Å². The summed E-state index contributed by atoms with van der Waals surface area (Å²) in [5.74, 6) is 0.373. The first-order valence-corrected chi connectivity index (χ1v) is 8.33. The highest BCUT2D eigenvalue weighted by Gasteiger charge is 2.44. The number of nitrogens with one attached hydrogen (secondary N) is 1. The van der Waals surface area contributed by atoms with Gasteiger partial charge in [0, 0.05) is 44.8 Å². The van der Waals surface area contributed by atoms with Crippen LogP contribution in [0.5, 0.6) is 0 Å². The van der Waals surface area contributed by atoms with Crippen molar-refractivity contribution in [3.05, 3.63) is 54.1 Å². The lowest BCUT2D eigenvalue weighted by atomic mass is 9.88. The third-order valence-corrected chi connectivity index (χ3v) is 5.08. The van der Waals surface area contributed by atoms with Crippen LogP contribution in [0.1, 0.15) is 22.5 Å². The van der Waals surface area contributed by atoms with Gasteiger partial charge in [-0.2, -0.15) is 0 Å². The van der Waals surface area contributed by atoms with Gasteiger partial charge in [-0.1, -0.05) is 0 Å². The van der Waals surface area contributed by atoms with Crippen LogP contribution in [0.15, 0.2) is 42.9 Å². The molecule has 2 aromatic heterocycles. The van der Waals surface area contributed by atoms with Crippen molar-refractivity contribution in [2.75, 3.05) is 19.6 Å². The molecule has 6 nitrogen and oxygen atoms in total. The number of aromatic nitrogens is 2. The third kappa shape index (κ3) is 2.68. The van der Waals surface area contributed by atoms with Crippen molar-refractivity contribution in [2.45, 2.75) is 13.0 Å². The van der Waals surface area contributed by atoms with Crippen molar-refractivity contribution >= 4 is 11.8 Å². The van der Waals surface area contributed by atoms with Crippen LogP contribution >= 0.6 is 0 Å². The molecule has 0 radical (unpaired) electrons. The number of nitrogens with zero attached hydrogens (tertiary/aromatic N) is 3. The lowest BCUT2D eigenvalue weighted by molar-refractivity contribution is -0.140. The minimum absolute atomic E-state index is 0.0112. The summed E-state index contributed by atoms with van der Waals surface area (Å²) in [5, 5.41) is 0. The summed E-state index contributed by atoms with van der Waals surface area (Å²) in [5.41, 5.74) is 1.68. The molecule has 24 heavy (non-hydrogen) atoms. The van der Waals surface area contributed by atoms with Gasteiger partial charge >= 0.3 is 0 Å². The molecule has 2 aromatic rings. The molecule has 0 unspecified atom stereocenters. The van der Waals surface area contributed by atoms with Crippen LogP contribution in [0.2, 0.25) is 0 Å². The number of fused-ring (bicyclic) bond motifs is 1. The predicted octanol–water partition coefficient (Wildman–Crippen LogP) is 1.53. The monoisotopic (exact) mass is 324 g/mol. The van der Waals surface area contributed by atoms with E-state index in [-0.39, 0.29) is 23.7 Å². The fourth-order valence-corrected chi connectivity index (χ4v) is 3.78. The molecule has 2 aliphatic rings. The summed E-state index contributed by atoms with van der Waals surface area (Å²) in [7, 11) is 0. The molecule has 124 valence electrons. The van der Waals surface area contributed by atoms with Crippen LogP contribution in [-0.2, 0) is 11.3 Å². The van der Waals surface area contributed by atoms with E-state index in [2.05, 4.69) is 9.97 Å². The van der Waals surface area contributed by atoms with E-state index in [1.54, 1.807) is 24.7 Å². The first kappa shape index (κ1) is 14.9. The van der Waals surface area contributed by atoms with Crippen molar-refractivity contribution < 1.29 is 9.59 Å². The smallest absolute Gasteiger partial charge is 0.270 e. The van der Waals surface area contributed by atoms with Gasteiger partial charge in [-0.3, -0.25) is 14.6 Å². The largest absolute Gasteiger partial charge is 0.357 e. The predicted molar refractivity (Wildman–Crippen MR) is 87.9 cm³/mol. The molecule has 0 saturated carbocycles. The van der Waals surface area contributed by atoms with Crippen molar-refractivity contribution in [2.24, 2.45) is 11.8 Å². The number of piperidine rings is 1. The minimum Gasteiger partial charge on any atom is -0.357 e. The molecule has 2 saturated heterocycles. The minimum atomic E-state index is -0.0699. The number of pyridine rings is 1. The molecule has 2 amide bonds. The number of rotatable bonds is 3. The summed E-state index contributed by atoms with van der Waals surface area (Å²) in [6.45, 7) is 2.58. The summed E-state index contributed by atoms with van der Waals surface area (Å²) >= 11 is 0. The highest BCUT2D eigenvalue weighted by Crippen LogP contribution is 2.33. The number of H-pyrrole nitrogens is 1. The summed E-state index contributed by atoms with van der Waals surface area (Å²) in [6.07, 6.45) is 6.20. The molecule has 0 aromatic carbocycles. The second-order valence-corrected chi connectivity index (χ2v) is 6.56. The number of hydrogen-bond acceptors (Lipinski definition) is 3. The Hall–Kier alpha value is -2.63. The molecule has 0 bridgehead atoms. The fourth-order valence-electron chi connectivity index (χ4n) is 3.78. The molecule has 6 heteroatoms. The second kappa shape index (κ2) is 6.11. The Balaban J connectivity index is 1.44. The van der Waals surface area contributed by atoms with Crippen molar-refractivity contribution in [1.29, 1.82) is 0 Å². The van der Waals surface area contributed by atoms with Gasteiger partial charge in [0.15, 0.2) is 0 Å². The second-order valence-electron chi connectivity index (χ2n) is 6.56. The Morgan fingerprint density at radius 1 is 1.25 bits per heavy atom. The first-order chi connectivity index (χ1) is 11.7. The van der Waals surface area contributed by atoms with Crippen LogP contribution in [-0.4, -0.2) is 51.2 Å². The third-order valence-electron chi connectivity index (χ3n) is 5.08. The average molecular weight is 324 g/mol. The maximum absolute atomic E-state index is 12.8. The van der Waals surface area contributed by atoms with E-state index >= 15 is 0 Å². The van der Waals surface area contributed by atoms with Gasteiger partial charge in [0.05, 0.1) is 5.92 Å². The molecule has 0 aliphatic carbocycles. The van der Waals surface area contributed by atoms with Gasteiger partial charge in [0.25, 0.3) is 5.91 Å². The molecular formula is C18H20N4O2. The van der Waals surface area contributed by atoms with Gasteiger partial charge in [0.1, 0.15) is 5.69 Å². The Labute approximate surface area is 140 Å². The lowest BCUT2D eigenvalue weighted by Gasteiger charge is -2.33. The number of amides is 2. The highest BCUT2D eigenvalue weighted by molar-refractivity contribution is 5.93. The van der Waals surface area contributed by atoms with E-state index in [0.29, 0.717) is 25.3 Å². The number of hydrogen-bond donors (Lipinski definition) is 1. The Morgan fingerprint density at radius 3 is 2.83 bits per heavy atom. The molecule has 2 atom stereocenters. The van der Waals surface area contributed by atoms with E-state index < -0.39 is 0 Å². The molecule has 4 heterocycles. The maximum Gasteiger partial charge on any atom is 0.270 e. The number of carbonyl (C=O) groups is 2. The van der Waals surface area contributed by atoms with E-state index in [9.17, 15) is 9.59 Å². The first-order valence-electron chi connectivity index (χ1n) is 8.33. The molecule has 2 aliphatic heterocycles. The SMILES string of the molecule is O=C(c1ccc[nH]1)N1C[C@H]2CCN(Cc3ccncc3)C(=O)[C@@H]2C1. The molecule has 4 rings (SSSR count). The maximum atomic E-state index is 12.8. The van der Waals surface area contributed by atoms with Gasteiger partial charge in [-0.15, -0.1) is 0 Å². The number of likely N-dealkylation sites (tertiary alicyclic amines) is 2. The molecular weight excluding hydrogens is 304 g/mol. The van der Waals surface area contributed by atoms with Crippen LogP contribution in [0.3, 0.4) is 0 Å². The summed E-state index contributed by atoms with van der Waals surface area (Å²) in [4.78, 5) is 36.0. The number of carbonyl (C=O) groups excluding carboxylic acids is 2. The zero-order chi connectivity index (χ0) is 16.5. The number of aromatic amines is 1. The van der Waals surface area contributed by atoms with E-state index in [4.69, 9.17) is 0 Å². The van der Waals surface area contributed by atoms with Crippen LogP contribution < -0.4 is 0 Å². The lowest BCUT2D eigenvalue weighted by Crippen LogP contribution is -2.44. The topological polar surface area (TPSA) is 69.3 Å². The molecule has 1 N–H and O–H groups in total. The normalized spacial score (nSPS) is 23.4. The van der Waals surface area contributed by atoms with E-state index in [1.807, 2.05) is 28.0 Å². The van der Waals surface area contributed by atoms with Crippen molar-refractivity contribution in [3.63, 3.8) is 0 Å². The van der Waals surface area contributed by atoms with Gasteiger partial charge in [0.2, 0.25) is 5.91 Å². The summed E-state index contributed by atoms with van der Waals surface area (Å²) in [6, 6.07) is 7.48. The highest BCUT2D eigenvalue weighted by atomic mass is 16.2. The quantitative estimate of drug-likeness (QED) is 0.931. The Morgan fingerprint density at radius 2 is 2.08 bits per heavy atom. The average Bonchev–Trinajstić information content (AvgIpc) is 3.27. The van der Waals surface area contributed by atoms with Crippen molar-refractivity contribution in [3.8, 4) is 0 Å². The summed E-state index contributed by atoms with van der Waals surface area (Å²) < 4.78 is 0. The Bertz CT molecular complexity index is 729. The van der Waals surface area contributed by atoms with E-state index in [1.165, 1.54) is 0 Å². The van der Waals surface area contributed by atoms with Crippen LogP contribution in [0.25, 0.3) is 0 Å². The van der Waals surface area contributed by atoms with Crippen LogP contribution in [0.4, 0.5) is 0 Å². The van der Waals surface area contributed by atoms with Gasteiger partial charge < -0.3 is 14.8 Å². The zero-order valence-electron chi connectivity index (χ0n) is 13.4. The Kier molecular flexibility index (Phi) is 3.80.